The number of nitrogens with zero attached hydrogens (tertiary/aromatic N) is 6. The van der Waals surface area contributed by atoms with Gasteiger partial charge in [0.15, 0.2) is 11.5 Å². The summed E-state index contributed by atoms with van der Waals surface area (Å²) >= 11 is 0. The summed E-state index contributed by atoms with van der Waals surface area (Å²) in [7, 11) is 0. The molecular weight excluding hydrogens is 532 g/mol. The number of aromatic nitrogens is 6. The van der Waals surface area contributed by atoms with Crippen molar-refractivity contribution in [3.05, 3.63) is 34.2 Å². The molecule has 1 saturated heterocycles. The van der Waals surface area contributed by atoms with Crippen LogP contribution in [0.5, 0.6) is 0 Å². The molecule has 2 aliphatic carbocycles. The molecule has 0 bridgehead atoms. The second-order valence-corrected chi connectivity index (χ2v) is 12.9. The molecule has 224 valence electrons. The van der Waals surface area contributed by atoms with Gasteiger partial charge in [-0.05, 0) is 88.7 Å². The Kier molecular flexibility index (Phi) is 7.27. The first kappa shape index (κ1) is 27.2. The van der Waals surface area contributed by atoms with Crippen LogP contribution >= 0.6 is 0 Å². The van der Waals surface area contributed by atoms with Gasteiger partial charge in [0.1, 0.15) is 17.0 Å². The fourth-order valence-electron chi connectivity index (χ4n) is 7.09. The average Bonchev–Trinajstić information content (AvgIpc) is 3.67. The first-order valence-electron chi connectivity index (χ1n) is 15.9. The van der Waals surface area contributed by atoms with Gasteiger partial charge in [-0.25, -0.2) is 14.8 Å². The van der Waals surface area contributed by atoms with Crippen LogP contribution in [0, 0.1) is 24.7 Å². The van der Waals surface area contributed by atoms with Gasteiger partial charge in [-0.2, -0.15) is 4.98 Å². The van der Waals surface area contributed by atoms with Crippen molar-refractivity contribution in [2.24, 2.45) is 17.8 Å². The molecule has 7 rings (SSSR count). The Morgan fingerprint density at radius 3 is 2.57 bits per heavy atom. The van der Waals surface area contributed by atoms with Gasteiger partial charge in [0.05, 0.1) is 6.04 Å². The maximum absolute atomic E-state index is 11.8. The Morgan fingerprint density at radius 1 is 1.05 bits per heavy atom. The normalized spacial score (nSPS) is 24.2. The predicted molar refractivity (Wildman–Crippen MR) is 160 cm³/mol. The van der Waals surface area contributed by atoms with Crippen LogP contribution < -0.4 is 16.0 Å². The van der Waals surface area contributed by atoms with Crippen LogP contribution in [-0.2, 0) is 6.54 Å². The lowest BCUT2D eigenvalue weighted by molar-refractivity contribution is 0.265. The molecule has 11 heteroatoms. The second-order valence-electron chi connectivity index (χ2n) is 12.9. The lowest BCUT2D eigenvalue weighted by atomic mass is 9.80. The summed E-state index contributed by atoms with van der Waals surface area (Å²) in [5.74, 6) is 5.40. The lowest BCUT2D eigenvalue weighted by Gasteiger charge is -2.36. The number of piperidine rings is 1. The molecule has 1 aliphatic heterocycles. The summed E-state index contributed by atoms with van der Waals surface area (Å²) < 4.78 is 13.4. The van der Waals surface area contributed by atoms with Crippen molar-refractivity contribution in [3.63, 3.8) is 0 Å². The Balaban J connectivity index is 1.38. The van der Waals surface area contributed by atoms with Gasteiger partial charge in [-0.3, -0.25) is 9.51 Å². The fourth-order valence-corrected chi connectivity index (χ4v) is 7.09. The third-order valence-corrected chi connectivity index (χ3v) is 9.88. The van der Waals surface area contributed by atoms with E-state index in [0.29, 0.717) is 23.3 Å². The van der Waals surface area contributed by atoms with Gasteiger partial charge in [-0.1, -0.05) is 31.3 Å². The van der Waals surface area contributed by atoms with E-state index in [9.17, 15) is 4.79 Å². The molecule has 5 heterocycles. The first-order chi connectivity index (χ1) is 20.4. The Morgan fingerprint density at radius 2 is 1.88 bits per heavy atom. The maximum atomic E-state index is 11.8. The highest BCUT2D eigenvalue weighted by atomic mass is 16.5. The molecule has 0 aromatic carbocycles. The number of rotatable bonds is 8. The number of fused-ring (bicyclic) bond motifs is 1. The first-order valence-corrected chi connectivity index (χ1v) is 15.9. The molecule has 11 nitrogen and oxygen atoms in total. The molecule has 42 heavy (non-hydrogen) atoms. The zero-order valence-electron chi connectivity index (χ0n) is 24.9. The quantitative estimate of drug-likeness (QED) is 0.251. The molecule has 2 N–H and O–H groups in total. The highest BCUT2D eigenvalue weighted by Crippen LogP contribution is 2.40. The zero-order chi connectivity index (χ0) is 28.8. The molecule has 2 saturated carbocycles. The molecule has 3 aliphatic rings. The van der Waals surface area contributed by atoms with E-state index in [2.05, 4.69) is 50.9 Å². The van der Waals surface area contributed by atoms with Crippen LogP contribution in [0.25, 0.3) is 22.8 Å². The van der Waals surface area contributed by atoms with Gasteiger partial charge in [0.25, 0.3) is 0 Å². The van der Waals surface area contributed by atoms with E-state index in [4.69, 9.17) is 23.9 Å². The van der Waals surface area contributed by atoms with Crippen molar-refractivity contribution in [2.45, 2.75) is 104 Å². The van der Waals surface area contributed by atoms with Crippen LogP contribution in [-0.4, -0.2) is 42.2 Å². The number of furan rings is 1. The number of aryl methyl sites for hydroxylation is 1. The third-order valence-electron chi connectivity index (χ3n) is 9.88. The van der Waals surface area contributed by atoms with Gasteiger partial charge >= 0.3 is 5.76 Å². The molecule has 2 atom stereocenters. The highest BCUT2D eigenvalue weighted by molar-refractivity contribution is 5.87. The molecular formula is C31H42N8O3. The molecule has 0 spiro atoms. The Bertz CT molecular complexity index is 1590. The maximum Gasteiger partial charge on any atom is 0.439 e. The van der Waals surface area contributed by atoms with Crippen molar-refractivity contribution >= 4 is 22.9 Å². The van der Waals surface area contributed by atoms with Crippen LogP contribution in [0.1, 0.15) is 95.6 Å². The van der Waals surface area contributed by atoms with Gasteiger partial charge in [-0.15, -0.1) is 0 Å². The monoisotopic (exact) mass is 574 g/mol. The van der Waals surface area contributed by atoms with Gasteiger partial charge in [0.2, 0.25) is 17.6 Å². The van der Waals surface area contributed by atoms with Crippen LogP contribution in [0.4, 0.5) is 11.8 Å². The number of aromatic amines is 1. The number of imidazole rings is 1. The SMILES string of the molecule is Cc1ccc(C2CCCCN2c2nc3nc(-c4noc(=O)[nH]4)nc(NC(C)C4CCC4)c3n2CC2CCC(C)CC2)o1. The summed E-state index contributed by atoms with van der Waals surface area (Å²) in [6.07, 6.45) is 11.9. The van der Waals surface area contributed by atoms with Crippen molar-refractivity contribution in [3.8, 4) is 11.6 Å². The Labute approximate surface area is 245 Å². The van der Waals surface area contributed by atoms with E-state index < -0.39 is 5.76 Å². The summed E-state index contributed by atoms with van der Waals surface area (Å²) in [6, 6.07) is 4.52. The minimum absolute atomic E-state index is 0.110. The van der Waals surface area contributed by atoms with E-state index in [1.165, 1.54) is 44.9 Å². The van der Waals surface area contributed by atoms with E-state index in [1.807, 2.05) is 6.92 Å². The van der Waals surface area contributed by atoms with Crippen molar-refractivity contribution in [2.75, 3.05) is 16.8 Å². The number of anilines is 2. The lowest BCUT2D eigenvalue weighted by Crippen LogP contribution is -2.36. The molecule has 3 fully saturated rings. The molecule has 2 unspecified atom stereocenters. The second kappa shape index (κ2) is 11.2. The van der Waals surface area contributed by atoms with Crippen molar-refractivity contribution < 1.29 is 8.94 Å². The van der Waals surface area contributed by atoms with Crippen molar-refractivity contribution in [1.29, 1.82) is 0 Å². The van der Waals surface area contributed by atoms with E-state index in [0.717, 1.165) is 67.1 Å². The van der Waals surface area contributed by atoms with E-state index in [-0.39, 0.29) is 17.9 Å². The molecule has 4 aromatic rings. The molecule has 0 amide bonds. The minimum atomic E-state index is -0.631. The number of H-pyrrole nitrogens is 1. The number of hydrogen-bond donors (Lipinski definition) is 2. The zero-order valence-corrected chi connectivity index (χ0v) is 24.9. The summed E-state index contributed by atoms with van der Waals surface area (Å²) in [5, 5.41) is 7.65. The highest BCUT2D eigenvalue weighted by Gasteiger charge is 2.34. The van der Waals surface area contributed by atoms with Crippen molar-refractivity contribution in [1.82, 2.24) is 29.7 Å². The molecule has 4 aromatic heterocycles. The van der Waals surface area contributed by atoms with Crippen LogP contribution in [0.2, 0.25) is 0 Å². The average molecular weight is 575 g/mol. The number of hydrogen-bond acceptors (Lipinski definition) is 9. The minimum Gasteiger partial charge on any atom is -0.464 e. The van der Waals surface area contributed by atoms with E-state index in [1.54, 1.807) is 0 Å². The van der Waals surface area contributed by atoms with Crippen LogP contribution in [0.15, 0.2) is 25.9 Å². The summed E-state index contributed by atoms with van der Waals surface area (Å²) in [6.45, 7) is 8.37. The third kappa shape index (κ3) is 5.22. The number of nitrogens with one attached hydrogen (secondary N) is 2. The standard InChI is InChI=1S/C31H42N8O3/c1-18-10-13-21(14-11-18)17-39-25-26(32-20(3)22-7-6-8-22)33-28(29-36-31(40)42-37-29)34-27(25)35-30(39)38-16-5-4-9-23(38)24-15-12-19(2)41-24/h12,15,18,20-23H,4-11,13-14,16-17H2,1-3H3,(H,32,33,34)(H,36,37,40). The molecule has 0 radical (unpaired) electrons. The Hall–Kier alpha value is -3.63. The topological polar surface area (TPSA) is 131 Å². The smallest absolute Gasteiger partial charge is 0.439 e. The summed E-state index contributed by atoms with van der Waals surface area (Å²) in [5.41, 5.74) is 1.52. The van der Waals surface area contributed by atoms with Gasteiger partial charge in [0, 0.05) is 19.1 Å². The van der Waals surface area contributed by atoms with Crippen LogP contribution in [0.3, 0.4) is 0 Å². The fraction of sp³-hybridized carbons (Fsp3) is 0.645. The van der Waals surface area contributed by atoms with E-state index >= 15 is 0 Å². The van der Waals surface area contributed by atoms with Gasteiger partial charge < -0.3 is 19.2 Å². The largest absolute Gasteiger partial charge is 0.464 e. The summed E-state index contributed by atoms with van der Waals surface area (Å²) in [4.78, 5) is 31.9. The predicted octanol–water partition coefficient (Wildman–Crippen LogP) is 6.23.